The van der Waals surface area contributed by atoms with Gasteiger partial charge in [-0.2, -0.15) is 0 Å². The normalized spacial score (nSPS) is 12.6. The molecule has 0 aromatic heterocycles. The summed E-state index contributed by atoms with van der Waals surface area (Å²) in [6, 6.07) is 19.5. The topological polar surface area (TPSA) is 95.5 Å². The van der Waals surface area contributed by atoms with Gasteiger partial charge >= 0.3 is 0 Å². The molecule has 2 aromatic rings. The summed E-state index contributed by atoms with van der Waals surface area (Å²) in [6.45, 7) is 2.28. The van der Waals surface area contributed by atoms with E-state index in [4.69, 9.17) is 0 Å². The minimum atomic E-state index is -1.08. The first-order valence-electron chi connectivity index (χ1n) is 11.3. The lowest BCUT2D eigenvalue weighted by atomic mass is 10.0. The fourth-order valence-electron chi connectivity index (χ4n) is 3.35. The molecule has 2 amide bonds. The lowest BCUT2D eigenvalue weighted by molar-refractivity contribution is -0.130. The minimum absolute atomic E-state index is 0.000548. The SMILES string of the molecule is CC(CCNC(=O)CCc1ccccc1)CC(=O)NCC(=O)C(O)CCc1ccccc1. The molecular formula is C26H34N2O4. The van der Waals surface area contributed by atoms with Crippen LogP contribution in [-0.2, 0) is 27.2 Å². The molecule has 0 aliphatic carbocycles. The van der Waals surface area contributed by atoms with Crippen molar-refractivity contribution >= 4 is 17.6 Å². The zero-order chi connectivity index (χ0) is 23.2. The molecule has 2 atom stereocenters. The van der Waals surface area contributed by atoms with Crippen molar-refractivity contribution in [3.63, 3.8) is 0 Å². The van der Waals surface area contributed by atoms with E-state index >= 15 is 0 Å². The van der Waals surface area contributed by atoms with Crippen LogP contribution in [0.1, 0.15) is 43.7 Å². The van der Waals surface area contributed by atoms with E-state index in [0.29, 0.717) is 38.6 Å². The second kappa shape index (κ2) is 14.1. The number of hydrogen-bond acceptors (Lipinski definition) is 4. The Morgan fingerprint density at radius 1 is 0.812 bits per heavy atom. The number of aliphatic hydroxyl groups is 1. The quantitative estimate of drug-likeness (QED) is 0.423. The van der Waals surface area contributed by atoms with Crippen LogP contribution in [0.15, 0.2) is 60.7 Å². The van der Waals surface area contributed by atoms with Gasteiger partial charge < -0.3 is 15.7 Å². The summed E-state index contributed by atoms with van der Waals surface area (Å²) >= 11 is 0. The van der Waals surface area contributed by atoms with Crippen LogP contribution in [0.2, 0.25) is 0 Å². The van der Waals surface area contributed by atoms with E-state index in [0.717, 1.165) is 11.1 Å². The third-order valence-electron chi connectivity index (χ3n) is 5.36. The number of amides is 2. The number of carbonyl (C=O) groups is 3. The van der Waals surface area contributed by atoms with Crippen molar-refractivity contribution in [1.82, 2.24) is 10.6 Å². The number of aryl methyl sites for hydroxylation is 2. The Kier molecular flexibility index (Phi) is 11.2. The average molecular weight is 439 g/mol. The molecule has 2 unspecified atom stereocenters. The predicted molar refractivity (Wildman–Crippen MR) is 125 cm³/mol. The monoisotopic (exact) mass is 438 g/mol. The summed E-state index contributed by atoms with van der Waals surface area (Å²) in [5.74, 6) is -0.535. The van der Waals surface area contributed by atoms with Gasteiger partial charge in [0.25, 0.3) is 0 Å². The Morgan fingerprint density at radius 2 is 1.41 bits per heavy atom. The van der Waals surface area contributed by atoms with Crippen LogP contribution in [0.3, 0.4) is 0 Å². The van der Waals surface area contributed by atoms with Crippen molar-refractivity contribution in [2.24, 2.45) is 5.92 Å². The van der Waals surface area contributed by atoms with Crippen LogP contribution in [0.25, 0.3) is 0 Å². The van der Waals surface area contributed by atoms with Crippen LogP contribution in [0, 0.1) is 5.92 Å². The van der Waals surface area contributed by atoms with Crippen LogP contribution >= 0.6 is 0 Å². The largest absolute Gasteiger partial charge is 0.385 e. The molecule has 0 saturated heterocycles. The highest BCUT2D eigenvalue weighted by Gasteiger charge is 2.17. The zero-order valence-corrected chi connectivity index (χ0v) is 18.8. The third-order valence-corrected chi connectivity index (χ3v) is 5.36. The van der Waals surface area contributed by atoms with Crippen molar-refractivity contribution in [3.05, 3.63) is 71.8 Å². The molecule has 32 heavy (non-hydrogen) atoms. The molecule has 0 fully saturated rings. The molecule has 0 aliphatic heterocycles. The zero-order valence-electron chi connectivity index (χ0n) is 18.8. The molecule has 0 spiro atoms. The third kappa shape index (κ3) is 10.4. The number of carbonyl (C=O) groups excluding carboxylic acids is 3. The molecule has 2 aromatic carbocycles. The fourth-order valence-corrected chi connectivity index (χ4v) is 3.35. The maximum absolute atomic E-state index is 12.1. The Labute approximate surface area is 190 Å². The second-order valence-electron chi connectivity index (χ2n) is 8.22. The highest BCUT2D eigenvalue weighted by Crippen LogP contribution is 2.08. The van der Waals surface area contributed by atoms with Crippen LogP contribution in [0.4, 0.5) is 0 Å². The molecule has 0 radical (unpaired) electrons. The van der Waals surface area contributed by atoms with E-state index in [1.54, 1.807) is 0 Å². The van der Waals surface area contributed by atoms with Crippen LogP contribution in [0.5, 0.6) is 0 Å². The summed E-state index contributed by atoms with van der Waals surface area (Å²) in [5.41, 5.74) is 2.19. The minimum Gasteiger partial charge on any atom is -0.385 e. The van der Waals surface area contributed by atoms with E-state index in [1.807, 2.05) is 67.6 Å². The summed E-state index contributed by atoms with van der Waals surface area (Å²) in [5, 5.41) is 15.5. The number of aliphatic hydroxyl groups excluding tert-OH is 1. The Hall–Kier alpha value is -2.99. The number of ketones is 1. The molecule has 172 valence electrons. The molecular weight excluding hydrogens is 404 g/mol. The molecule has 0 heterocycles. The van der Waals surface area contributed by atoms with Crippen LogP contribution in [-0.4, -0.2) is 41.9 Å². The van der Waals surface area contributed by atoms with E-state index in [-0.39, 0.29) is 36.5 Å². The molecule has 0 bridgehead atoms. The molecule has 2 rings (SSSR count). The second-order valence-corrected chi connectivity index (χ2v) is 8.22. The van der Waals surface area contributed by atoms with E-state index in [1.165, 1.54) is 0 Å². The molecule has 6 heteroatoms. The van der Waals surface area contributed by atoms with Gasteiger partial charge in [-0.3, -0.25) is 14.4 Å². The lowest BCUT2D eigenvalue weighted by Crippen LogP contribution is -2.36. The van der Waals surface area contributed by atoms with Crippen molar-refractivity contribution in [1.29, 1.82) is 0 Å². The van der Waals surface area contributed by atoms with Gasteiger partial charge in [-0.1, -0.05) is 67.6 Å². The summed E-state index contributed by atoms with van der Waals surface area (Å²) in [6.07, 6.45) is 1.95. The highest BCUT2D eigenvalue weighted by molar-refractivity contribution is 5.88. The smallest absolute Gasteiger partial charge is 0.220 e. The van der Waals surface area contributed by atoms with E-state index in [2.05, 4.69) is 10.6 Å². The number of nitrogens with one attached hydrogen (secondary N) is 2. The van der Waals surface area contributed by atoms with Gasteiger partial charge in [0.2, 0.25) is 11.8 Å². The maximum atomic E-state index is 12.1. The van der Waals surface area contributed by atoms with Gasteiger partial charge in [0.15, 0.2) is 5.78 Å². The summed E-state index contributed by atoms with van der Waals surface area (Å²) in [7, 11) is 0. The van der Waals surface area contributed by atoms with Crippen LogP contribution < -0.4 is 10.6 Å². The Balaban J connectivity index is 1.54. The fraction of sp³-hybridized carbons (Fsp3) is 0.423. The van der Waals surface area contributed by atoms with E-state index < -0.39 is 6.10 Å². The number of hydrogen-bond donors (Lipinski definition) is 3. The first kappa shape index (κ1) is 25.3. The van der Waals surface area contributed by atoms with Gasteiger partial charge in [-0.25, -0.2) is 0 Å². The highest BCUT2D eigenvalue weighted by atomic mass is 16.3. The van der Waals surface area contributed by atoms with Crippen molar-refractivity contribution in [2.75, 3.05) is 13.1 Å². The number of Topliss-reactive ketones (excluding diaryl/α,β-unsaturated/α-hetero) is 1. The van der Waals surface area contributed by atoms with E-state index in [9.17, 15) is 19.5 Å². The summed E-state index contributed by atoms with van der Waals surface area (Å²) < 4.78 is 0. The number of benzene rings is 2. The van der Waals surface area contributed by atoms with Crippen molar-refractivity contribution < 1.29 is 19.5 Å². The lowest BCUT2D eigenvalue weighted by Gasteiger charge is -2.13. The molecule has 3 N–H and O–H groups in total. The van der Waals surface area contributed by atoms with Gasteiger partial charge in [-0.15, -0.1) is 0 Å². The van der Waals surface area contributed by atoms with Crippen molar-refractivity contribution in [3.8, 4) is 0 Å². The first-order valence-corrected chi connectivity index (χ1v) is 11.3. The van der Waals surface area contributed by atoms with Gasteiger partial charge in [0, 0.05) is 19.4 Å². The summed E-state index contributed by atoms with van der Waals surface area (Å²) in [4.78, 5) is 36.1. The van der Waals surface area contributed by atoms with Gasteiger partial charge in [0.05, 0.1) is 6.54 Å². The maximum Gasteiger partial charge on any atom is 0.220 e. The Morgan fingerprint density at radius 3 is 2.03 bits per heavy atom. The molecule has 0 aliphatic rings. The first-order chi connectivity index (χ1) is 15.4. The molecule has 0 saturated carbocycles. The number of rotatable bonds is 14. The van der Waals surface area contributed by atoms with Gasteiger partial charge in [-0.05, 0) is 42.7 Å². The standard InChI is InChI=1S/C26H34N2O4/c1-20(16-17-27-25(31)15-13-22-10-6-3-7-11-22)18-26(32)28-19-24(30)23(29)14-12-21-8-4-2-5-9-21/h2-11,20,23,29H,12-19H2,1H3,(H,27,31)(H,28,32). The van der Waals surface area contributed by atoms with Gasteiger partial charge in [0.1, 0.15) is 6.10 Å². The Bertz CT molecular complexity index is 839. The average Bonchev–Trinajstić information content (AvgIpc) is 2.81. The van der Waals surface area contributed by atoms with Crippen molar-refractivity contribution in [2.45, 2.75) is 51.6 Å². The predicted octanol–water partition coefficient (Wildman–Crippen LogP) is 2.83. The molecule has 6 nitrogen and oxygen atoms in total.